The molecule has 0 saturated heterocycles. The molecule has 1 aromatic carbocycles. The number of hydrogen-bond acceptors (Lipinski definition) is 3. The quantitative estimate of drug-likeness (QED) is 0.843. The highest BCUT2D eigenvalue weighted by Crippen LogP contribution is 2.27. The van der Waals surface area contributed by atoms with E-state index in [2.05, 4.69) is 0 Å². The third-order valence-electron chi connectivity index (χ3n) is 4.11. The van der Waals surface area contributed by atoms with Gasteiger partial charge in [0, 0.05) is 24.3 Å². The summed E-state index contributed by atoms with van der Waals surface area (Å²) in [5.74, 6) is 0.534. The van der Waals surface area contributed by atoms with Gasteiger partial charge in [0.25, 0.3) is 0 Å². The zero-order chi connectivity index (χ0) is 15.5. The third kappa shape index (κ3) is 4.59. The van der Waals surface area contributed by atoms with Gasteiger partial charge >= 0.3 is 0 Å². The average molecular weight is 331 g/mol. The van der Waals surface area contributed by atoms with Crippen LogP contribution >= 0.6 is 11.6 Å². The fourth-order valence-corrected chi connectivity index (χ4v) is 4.53. The van der Waals surface area contributed by atoms with Crippen molar-refractivity contribution in [3.05, 3.63) is 28.8 Å². The zero-order valence-corrected chi connectivity index (χ0v) is 14.0. The summed E-state index contributed by atoms with van der Waals surface area (Å²) in [4.78, 5) is 0. The van der Waals surface area contributed by atoms with E-state index < -0.39 is 10.0 Å². The second-order valence-corrected chi connectivity index (χ2v) is 8.42. The normalized spacial score (nSPS) is 17.3. The molecule has 4 nitrogen and oxygen atoms in total. The second-order valence-electron chi connectivity index (χ2n) is 5.89. The minimum absolute atomic E-state index is 0.240. The maximum absolute atomic E-state index is 12.5. The molecule has 1 aromatic rings. The lowest BCUT2D eigenvalue weighted by Gasteiger charge is -2.25. The Morgan fingerprint density at radius 3 is 2.62 bits per heavy atom. The molecule has 0 amide bonds. The number of anilines is 1. The van der Waals surface area contributed by atoms with Gasteiger partial charge in [-0.3, -0.25) is 0 Å². The van der Waals surface area contributed by atoms with E-state index in [-0.39, 0.29) is 12.3 Å². The number of benzene rings is 1. The number of nitrogens with two attached hydrogens (primary N) is 1. The van der Waals surface area contributed by atoms with Gasteiger partial charge in [-0.1, -0.05) is 30.9 Å². The van der Waals surface area contributed by atoms with Gasteiger partial charge in [-0.2, -0.15) is 0 Å². The Morgan fingerprint density at radius 2 is 1.95 bits per heavy atom. The molecular formula is C15H23ClN2O2S. The van der Waals surface area contributed by atoms with Gasteiger partial charge in [-0.15, -0.1) is 0 Å². The zero-order valence-electron chi connectivity index (χ0n) is 12.4. The largest absolute Gasteiger partial charge is 0.399 e. The first-order valence-corrected chi connectivity index (χ1v) is 9.35. The number of nitrogens with zero attached hydrogens (tertiary/aromatic N) is 1. The van der Waals surface area contributed by atoms with E-state index in [1.165, 1.54) is 10.7 Å². The molecule has 1 fully saturated rings. The molecule has 0 heterocycles. The molecule has 0 radical (unpaired) electrons. The monoisotopic (exact) mass is 330 g/mol. The van der Waals surface area contributed by atoms with E-state index in [0.717, 1.165) is 31.2 Å². The van der Waals surface area contributed by atoms with Gasteiger partial charge in [0.1, 0.15) is 0 Å². The van der Waals surface area contributed by atoms with E-state index in [4.69, 9.17) is 17.3 Å². The van der Waals surface area contributed by atoms with Gasteiger partial charge in [0.2, 0.25) is 10.0 Å². The number of halogens is 1. The standard InChI is InChI=1S/C15H23ClN2O2S/c1-18(10-13-9-14(17)7-8-15(13)16)21(19,20)11-12-5-3-2-4-6-12/h7-9,12H,2-6,10-11,17H2,1H3. The molecule has 1 aliphatic rings. The first kappa shape index (κ1) is 16.6. The van der Waals surface area contributed by atoms with Crippen LogP contribution in [0.15, 0.2) is 18.2 Å². The Hall–Kier alpha value is -0.780. The summed E-state index contributed by atoms with van der Waals surface area (Å²) >= 11 is 6.11. The molecule has 1 aliphatic carbocycles. The van der Waals surface area contributed by atoms with E-state index in [9.17, 15) is 8.42 Å². The minimum Gasteiger partial charge on any atom is -0.399 e. The maximum Gasteiger partial charge on any atom is 0.214 e. The van der Waals surface area contributed by atoms with Crippen LogP contribution in [-0.2, 0) is 16.6 Å². The highest BCUT2D eigenvalue weighted by Gasteiger charge is 2.25. The Labute approximate surface area is 132 Å². The van der Waals surface area contributed by atoms with Gasteiger partial charge in [0.15, 0.2) is 0 Å². The van der Waals surface area contributed by atoms with Crippen LogP contribution in [0, 0.1) is 5.92 Å². The molecule has 21 heavy (non-hydrogen) atoms. The Balaban J connectivity index is 2.03. The molecule has 118 valence electrons. The fourth-order valence-electron chi connectivity index (χ4n) is 2.83. The smallest absolute Gasteiger partial charge is 0.214 e. The van der Waals surface area contributed by atoms with Crippen molar-refractivity contribution in [3.8, 4) is 0 Å². The maximum atomic E-state index is 12.5. The van der Waals surface area contributed by atoms with Crippen molar-refractivity contribution in [1.29, 1.82) is 0 Å². The van der Waals surface area contributed by atoms with E-state index in [1.807, 2.05) is 0 Å². The van der Waals surface area contributed by atoms with Crippen molar-refractivity contribution in [3.63, 3.8) is 0 Å². The Morgan fingerprint density at radius 1 is 1.29 bits per heavy atom. The lowest BCUT2D eigenvalue weighted by molar-refractivity contribution is 0.374. The van der Waals surface area contributed by atoms with Crippen molar-refractivity contribution >= 4 is 27.3 Å². The molecule has 0 aliphatic heterocycles. The van der Waals surface area contributed by atoms with Crippen molar-refractivity contribution < 1.29 is 8.42 Å². The molecule has 0 spiro atoms. The summed E-state index contributed by atoms with van der Waals surface area (Å²) in [6.07, 6.45) is 5.55. The average Bonchev–Trinajstić information content (AvgIpc) is 2.43. The lowest BCUT2D eigenvalue weighted by atomic mass is 9.91. The summed E-state index contributed by atoms with van der Waals surface area (Å²) < 4.78 is 26.3. The van der Waals surface area contributed by atoms with Crippen molar-refractivity contribution in [2.45, 2.75) is 38.6 Å². The highest BCUT2D eigenvalue weighted by atomic mass is 35.5. The molecule has 0 atom stereocenters. The van der Waals surface area contributed by atoms with E-state index >= 15 is 0 Å². The molecule has 0 unspecified atom stereocenters. The van der Waals surface area contributed by atoms with Gasteiger partial charge in [-0.05, 0) is 42.5 Å². The Bertz CT molecular complexity index is 583. The second kappa shape index (κ2) is 6.99. The molecule has 0 aromatic heterocycles. The van der Waals surface area contributed by atoms with Gasteiger partial charge in [0.05, 0.1) is 5.75 Å². The predicted octanol–water partition coefficient (Wildman–Crippen LogP) is 3.26. The van der Waals surface area contributed by atoms with Gasteiger partial charge < -0.3 is 5.73 Å². The van der Waals surface area contributed by atoms with Crippen LogP contribution in [-0.4, -0.2) is 25.5 Å². The van der Waals surface area contributed by atoms with Crippen LogP contribution in [0.5, 0.6) is 0 Å². The number of sulfonamides is 1. The SMILES string of the molecule is CN(Cc1cc(N)ccc1Cl)S(=O)(=O)CC1CCCCC1. The van der Waals surface area contributed by atoms with E-state index in [1.54, 1.807) is 25.2 Å². The summed E-state index contributed by atoms with van der Waals surface area (Å²) in [5, 5.41) is 0.545. The molecule has 1 saturated carbocycles. The van der Waals surface area contributed by atoms with Gasteiger partial charge in [-0.25, -0.2) is 12.7 Å². The molecule has 6 heteroatoms. The molecule has 2 rings (SSSR count). The fraction of sp³-hybridized carbons (Fsp3) is 0.600. The number of hydrogen-bond donors (Lipinski definition) is 1. The third-order valence-corrected chi connectivity index (χ3v) is 6.45. The summed E-state index contributed by atoms with van der Waals surface area (Å²) in [6.45, 7) is 0.263. The number of nitrogen functional groups attached to an aromatic ring is 1. The Kier molecular flexibility index (Phi) is 5.52. The molecule has 0 bridgehead atoms. The van der Waals surface area contributed by atoms with Crippen LogP contribution in [0.1, 0.15) is 37.7 Å². The summed E-state index contributed by atoms with van der Waals surface area (Å²) in [7, 11) is -1.65. The first-order chi connectivity index (χ1) is 9.88. The molecular weight excluding hydrogens is 308 g/mol. The first-order valence-electron chi connectivity index (χ1n) is 7.36. The van der Waals surface area contributed by atoms with Crippen LogP contribution in [0.2, 0.25) is 5.02 Å². The summed E-state index contributed by atoms with van der Waals surface area (Å²) in [6, 6.07) is 5.14. The lowest BCUT2D eigenvalue weighted by Crippen LogP contribution is -2.32. The number of rotatable bonds is 5. The molecule has 2 N–H and O–H groups in total. The van der Waals surface area contributed by atoms with Crippen LogP contribution in [0.25, 0.3) is 0 Å². The van der Waals surface area contributed by atoms with Crippen molar-refractivity contribution in [2.75, 3.05) is 18.5 Å². The van der Waals surface area contributed by atoms with E-state index in [0.29, 0.717) is 16.6 Å². The summed E-state index contributed by atoms with van der Waals surface area (Å²) in [5.41, 5.74) is 7.07. The van der Waals surface area contributed by atoms with Crippen molar-refractivity contribution in [2.24, 2.45) is 5.92 Å². The topological polar surface area (TPSA) is 63.4 Å². The van der Waals surface area contributed by atoms with Crippen LogP contribution in [0.3, 0.4) is 0 Å². The van der Waals surface area contributed by atoms with Crippen LogP contribution in [0.4, 0.5) is 5.69 Å². The minimum atomic E-state index is -3.25. The highest BCUT2D eigenvalue weighted by molar-refractivity contribution is 7.89. The van der Waals surface area contributed by atoms with Crippen LogP contribution < -0.4 is 5.73 Å². The van der Waals surface area contributed by atoms with Crippen molar-refractivity contribution in [1.82, 2.24) is 4.31 Å². The predicted molar refractivity (Wildman–Crippen MR) is 87.7 cm³/mol.